The summed E-state index contributed by atoms with van der Waals surface area (Å²) in [6.07, 6.45) is 1.83. The number of hydrogen-bond donors (Lipinski definition) is 1. The maximum Gasteiger partial charge on any atom is 0.159 e. The van der Waals surface area contributed by atoms with Gasteiger partial charge in [-0.15, -0.1) is 12.4 Å². The van der Waals surface area contributed by atoms with Gasteiger partial charge in [0.2, 0.25) is 0 Å². The average molecular weight is 288 g/mol. The van der Waals surface area contributed by atoms with E-state index in [0.29, 0.717) is 11.3 Å². The zero-order valence-electron chi connectivity index (χ0n) is 10.6. The van der Waals surface area contributed by atoms with E-state index in [-0.39, 0.29) is 12.4 Å². The number of aromatic nitrogens is 2. The van der Waals surface area contributed by atoms with Crippen molar-refractivity contribution in [3.63, 3.8) is 0 Å². The minimum Gasteiger partial charge on any atom is -0.315 e. The highest BCUT2D eigenvalue weighted by molar-refractivity contribution is 5.85. The number of nitrogens with one attached hydrogen (secondary N) is 1. The van der Waals surface area contributed by atoms with Gasteiger partial charge >= 0.3 is 0 Å². The molecule has 1 heterocycles. The van der Waals surface area contributed by atoms with E-state index >= 15 is 0 Å². The van der Waals surface area contributed by atoms with Crippen molar-refractivity contribution in [1.29, 1.82) is 0 Å². The molecule has 0 saturated carbocycles. The molecule has 104 valence electrons. The van der Waals surface area contributed by atoms with Crippen LogP contribution in [0.25, 0.3) is 11.3 Å². The Balaban J connectivity index is 0.00000180. The molecule has 0 aliphatic rings. The van der Waals surface area contributed by atoms with Crippen molar-refractivity contribution in [3.8, 4) is 11.3 Å². The topological polar surface area (TPSA) is 29.9 Å². The third kappa shape index (κ3) is 4.01. The first kappa shape index (κ1) is 15.6. The lowest BCUT2D eigenvalue weighted by Crippen LogP contribution is -2.19. The molecule has 0 saturated heterocycles. The second-order valence-electron chi connectivity index (χ2n) is 3.95. The minimum atomic E-state index is -0.852. The van der Waals surface area contributed by atoms with Crippen molar-refractivity contribution in [3.05, 3.63) is 42.1 Å². The van der Waals surface area contributed by atoms with E-state index in [9.17, 15) is 8.78 Å². The highest BCUT2D eigenvalue weighted by atomic mass is 35.5. The molecule has 1 aromatic carbocycles. The number of rotatable bonds is 5. The van der Waals surface area contributed by atoms with Gasteiger partial charge in [0.25, 0.3) is 0 Å². The van der Waals surface area contributed by atoms with E-state index < -0.39 is 11.6 Å². The largest absolute Gasteiger partial charge is 0.315 e. The molecular formula is C13H16ClF2N3. The first-order valence-corrected chi connectivity index (χ1v) is 5.90. The molecule has 0 fully saturated rings. The summed E-state index contributed by atoms with van der Waals surface area (Å²) >= 11 is 0. The van der Waals surface area contributed by atoms with Gasteiger partial charge in [-0.3, -0.25) is 4.68 Å². The molecule has 2 rings (SSSR count). The molecule has 0 bridgehead atoms. The number of nitrogens with zero attached hydrogens (tertiary/aromatic N) is 2. The Bertz CT molecular complexity index is 528. The number of likely N-dealkylation sites (N-methyl/N-ethyl adjacent to an activating group) is 1. The highest BCUT2D eigenvalue weighted by Gasteiger charge is 2.06. The van der Waals surface area contributed by atoms with Crippen LogP contribution in [0.4, 0.5) is 8.78 Å². The van der Waals surface area contributed by atoms with Crippen LogP contribution in [0.1, 0.15) is 6.92 Å². The quantitative estimate of drug-likeness (QED) is 0.857. The fraction of sp³-hybridized carbons (Fsp3) is 0.308. The predicted molar refractivity (Wildman–Crippen MR) is 73.4 cm³/mol. The van der Waals surface area contributed by atoms with Gasteiger partial charge in [-0.1, -0.05) is 6.92 Å². The maximum absolute atomic E-state index is 13.1. The summed E-state index contributed by atoms with van der Waals surface area (Å²) < 4.78 is 27.7. The lowest BCUT2D eigenvalue weighted by atomic mass is 10.1. The Hall–Kier alpha value is -1.46. The van der Waals surface area contributed by atoms with Crippen molar-refractivity contribution in [2.75, 3.05) is 13.1 Å². The van der Waals surface area contributed by atoms with E-state index in [4.69, 9.17) is 0 Å². The number of benzene rings is 1. The molecule has 0 radical (unpaired) electrons. The average Bonchev–Trinajstić information content (AvgIpc) is 2.82. The lowest BCUT2D eigenvalue weighted by molar-refractivity contribution is 0.509. The number of hydrogen-bond acceptors (Lipinski definition) is 2. The molecule has 19 heavy (non-hydrogen) atoms. The van der Waals surface area contributed by atoms with Crippen molar-refractivity contribution in [1.82, 2.24) is 15.1 Å². The zero-order chi connectivity index (χ0) is 13.0. The van der Waals surface area contributed by atoms with Gasteiger partial charge in [0, 0.05) is 18.3 Å². The van der Waals surface area contributed by atoms with Crippen molar-refractivity contribution >= 4 is 12.4 Å². The highest BCUT2D eigenvalue weighted by Crippen LogP contribution is 2.19. The smallest absolute Gasteiger partial charge is 0.159 e. The van der Waals surface area contributed by atoms with Gasteiger partial charge in [-0.2, -0.15) is 5.10 Å². The molecule has 0 unspecified atom stereocenters. The van der Waals surface area contributed by atoms with Gasteiger partial charge in [-0.25, -0.2) is 8.78 Å². The fourth-order valence-electron chi connectivity index (χ4n) is 1.67. The molecule has 0 aliphatic heterocycles. The standard InChI is InChI=1S/C13H15F2N3.ClH/c1-2-16-6-8-18-7-5-13(17-18)10-3-4-11(14)12(15)9-10;/h3-5,7,9,16H,2,6,8H2,1H3;1H. The maximum atomic E-state index is 13.1. The fourth-order valence-corrected chi connectivity index (χ4v) is 1.67. The normalized spacial score (nSPS) is 10.3. The van der Waals surface area contributed by atoms with Crippen LogP contribution in [0.5, 0.6) is 0 Å². The first-order chi connectivity index (χ1) is 8.70. The third-order valence-electron chi connectivity index (χ3n) is 2.62. The summed E-state index contributed by atoms with van der Waals surface area (Å²) in [5, 5.41) is 7.50. The molecule has 1 aromatic heterocycles. The van der Waals surface area contributed by atoms with Crippen LogP contribution in [-0.4, -0.2) is 22.9 Å². The van der Waals surface area contributed by atoms with Gasteiger partial charge in [0.1, 0.15) is 0 Å². The summed E-state index contributed by atoms with van der Waals surface area (Å²) in [5.41, 5.74) is 1.22. The molecule has 3 nitrogen and oxygen atoms in total. The minimum absolute atomic E-state index is 0. The molecule has 6 heteroatoms. The molecule has 0 amide bonds. The van der Waals surface area contributed by atoms with Crippen molar-refractivity contribution < 1.29 is 8.78 Å². The molecule has 0 atom stereocenters. The van der Waals surface area contributed by atoms with E-state index in [0.717, 1.165) is 31.8 Å². The number of halogens is 3. The lowest BCUT2D eigenvalue weighted by Gasteiger charge is -2.02. The van der Waals surface area contributed by atoms with Gasteiger partial charge in [0.15, 0.2) is 11.6 Å². The Morgan fingerprint density at radius 1 is 1.21 bits per heavy atom. The second-order valence-corrected chi connectivity index (χ2v) is 3.95. The Morgan fingerprint density at radius 3 is 2.68 bits per heavy atom. The summed E-state index contributed by atoms with van der Waals surface area (Å²) in [6, 6.07) is 5.59. The molecular weight excluding hydrogens is 272 g/mol. The van der Waals surface area contributed by atoms with Crippen LogP contribution in [0.15, 0.2) is 30.5 Å². The van der Waals surface area contributed by atoms with Crippen LogP contribution in [0.2, 0.25) is 0 Å². The van der Waals surface area contributed by atoms with Crippen LogP contribution in [0.3, 0.4) is 0 Å². The Kier molecular flexibility index (Phi) is 5.92. The molecule has 0 spiro atoms. The summed E-state index contributed by atoms with van der Waals surface area (Å²) in [4.78, 5) is 0. The monoisotopic (exact) mass is 287 g/mol. The van der Waals surface area contributed by atoms with E-state index in [1.54, 1.807) is 10.7 Å². The molecule has 2 aromatic rings. The van der Waals surface area contributed by atoms with Crippen LogP contribution >= 0.6 is 12.4 Å². The Morgan fingerprint density at radius 2 is 2.00 bits per heavy atom. The summed E-state index contributed by atoms with van der Waals surface area (Å²) in [5.74, 6) is -1.69. The van der Waals surface area contributed by atoms with E-state index in [1.807, 2.05) is 13.1 Å². The van der Waals surface area contributed by atoms with E-state index in [1.165, 1.54) is 6.07 Å². The van der Waals surface area contributed by atoms with Gasteiger partial charge in [0.05, 0.1) is 12.2 Å². The van der Waals surface area contributed by atoms with Gasteiger partial charge in [-0.05, 0) is 30.8 Å². The van der Waals surface area contributed by atoms with Crippen LogP contribution < -0.4 is 5.32 Å². The van der Waals surface area contributed by atoms with Crippen molar-refractivity contribution in [2.45, 2.75) is 13.5 Å². The molecule has 0 aliphatic carbocycles. The van der Waals surface area contributed by atoms with Crippen LogP contribution in [0, 0.1) is 11.6 Å². The Labute approximate surface area is 117 Å². The first-order valence-electron chi connectivity index (χ1n) is 5.90. The van der Waals surface area contributed by atoms with E-state index in [2.05, 4.69) is 10.4 Å². The molecule has 1 N–H and O–H groups in total. The van der Waals surface area contributed by atoms with Crippen molar-refractivity contribution in [2.24, 2.45) is 0 Å². The van der Waals surface area contributed by atoms with Gasteiger partial charge < -0.3 is 5.32 Å². The zero-order valence-corrected chi connectivity index (χ0v) is 11.4. The predicted octanol–water partition coefficient (Wildman–Crippen LogP) is 2.86. The van der Waals surface area contributed by atoms with Crippen LogP contribution in [-0.2, 0) is 6.54 Å². The summed E-state index contributed by atoms with van der Waals surface area (Å²) in [6.45, 7) is 4.53. The summed E-state index contributed by atoms with van der Waals surface area (Å²) in [7, 11) is 0. The second kappa shape index (κ2) is 7.21. The third-order valence-corrected chi connectivity index (χ3v) is 2.62. The SMILES string of the molecule is CCNCCn1ccc(-c2ccc(F)c(F)c2)n1.Cl.